The van der Waals surface area contributed by atoms with Crippen LogP contribution in [0, 0.1) is 6.92 Å². The summed E-state index contributed by atoms with van der Waals surface area (Å²) in [5.74, 6) is 0.807. The van der Waals surface area contributed by atoms with Crippen LogP contribution in [0.3, 0.4) is 0 Å². The first-order valence-electron chi connectivity index (χ1n) is 11.5. The maximum atomic E-state index is 13.3. The number of rotatable bonds is 9. The molecule has 7 heteroatoms. The van der Waals surface area contributed by atoms with Gasteiger partial charge in [-0.15, -0.1) is 11.8 Å². The number of hydrogen-bond donors (Lipinski definition) is 1. The molecule has 2 aromatic rings. The minimum absolute atomic E-state index is 0.0483. The third-order valence-corrected chi connectivity index (χ3v) is 7.76. The SMILES string of the molecule is Cc1cccc(CN(C(=O)CSCc2ccc(Cl)c(Cl)c2)[C@H](C)C(=O)NC2CCCCC2)c1. The van der Waals surface area contributed by atoms with E-state index in [4.69, 9.17) is 23.2 Å². The third-order valence-electron chi connectivity index (χ3n) is 6.03. The average molecular weight is 508 g/mol. The summed E-state index contributed by atoms with van der Waals surface area (Å²) < 4.78 is 0. The number of carbonyl (C=O) groups excluding carboxylic acids is 2. The van der Waals surface area contributed by atoms with E-state index < -0.39 is 6.04 Å². The topological polar surface area (TPSA) is 49.4 Å². The normalized spacial score (nSPS) is 15.2. The number of nitrogens with zero attached hydrogens (tertiary/aromatic N) is 1. The van der Waals surface area contributed by atoms with E-state index >= 15 is 0 Å². The molecule has 3 rings (SSSR count). The summed E-state index contributed by atoms with van der Waals surface area (Å²) in [7, 11) is 0. The van der Waals surface area contributed by atoms with Crippen molar-refractivity contribution < 1.29 is 9.59 Å². The molecule has 1 fully saturated rings. The van der Waals surface area contributed by atoms with Gasteiger partial charge in [0, 0.05) is 18.3 Å². The Morgan fingerprint density at radius 2 is 1.82 bits per heavy atom. The van der Waals surface area contributed by atoms with E-state index in [-0.39, 0.29) is 23.6 Å². The summed E-state index contributed by atoms with van der Waals surface area (Å²) in [4.78, 5) is 28.0. The fourth-order valence-corrected chi connectivity index (χ4v) is 5.31. The molecule has 0 heterocycles. The van der Waals surface area contributed by atoms with Gasteiger partial charge in [0.05, 0.1) is 15.8 Å². The van der Waals surface area contributed by atoms with Gasteiger partial charge in [-0.3, -0.25) is 9.59 Å². The molecular weight excluding hydrogens is 475 g/mol. The Morgan fingerprint density at radius 1 is 1.06 bits per heavy atom. The third kappa shape index (κ3) is 7.94. The molecule has 0 spiro atoms. The number of hydrogen-bond acceptors (Lipinski definition) is 3. The van der Waals surface area contributed by atoms with Crippen molar-refractivity contribution in [3.63, 3.8) is 0 Å². The molecule has 1 atom stereocenters. The molecule has 0 bridgehead atoms. The molecule has 1 aliphatic rings. The van der Waals surface area contributed by atoms with Crippen LogP contribution < -0.4 is 5.32 Å². The van der Waals surface area contributed by atoms with Crippen LogP contribution in [-0.4, -0.2) is 34.6 Å². The van der Waals surface area contributed by atoms with Crippen LogP contribution in [0.5, 0.6) is 0 Å². The van der Waals surface area contributed by atoms with Crippen LogP contribution >= 0.6 is 35.0 Å². The molecule has 2 amide bonds. The molecule has 4 nitrogen and oxygen atoms in total. The van der Waals surface area contributed by atoms with Gasteiger partial charge in [0.25, 0.3) is 0 Å². The number of carbonyl (C=O) groups is 2. The van der Waals surface area contributed by atoms with E-state index in [1.165, 1.54) is 18.2 Å². The highest BCUT2D eigenvalue weighted by atomic mass is 35.5. The summed E-state index contributed by atoms with van der Waals surface area (Å²) in [6.45, 7) is 4.27. The first-order chi connectivity index (χ1) is 15.8. The number of thioether (sulfide) groups is 1. The molecule has 0 radical (unpaired) electrons. The van der Waals surface area contributed by atoms with E-state index in [1.54, 1.807) is 11.0 Å². The van der Waals surface area contributed by atoms with Gasteiger partial charge in [-0.25, -0.2) is 0 Å². The van der Waals surface area contributed by atoms with E-state index in [2.05, 4.69) is 11.4 Å². The maximum Gasteiger partial charge on any atom is 0.242 e. The Morgan fingerprint density at radius 3 is 2.52 bits per heavy atom. The van der Waals surface area contributed by atoms with Crippen LogP contribution in [0.4, 0.5) is 0 Å². The van der Waals surface area contributed by atoms with E-state index in [0.717, 1.165) is 42.4 Å². The van der Waals surface area contributed by atoms with Gasteiger partial charge in [0.1, 0.15) is 6.04 Å². The predicted molar refractivity (Wildman–Crippen MR) is 139 cm³/mol. The first kappa shape index (κ1) is 25.9. The van der Waals surface area contributed by atoms with Gasteiger partial charge in [-0.05, 0) is 49.9 Å². The summed E-state index contributed by atoms with van der Waals surface area (Å²) in [6.07, 6.45) is 5.57. The maximum absolute atomic E-state index is 13.3. The summed E-state index contributed by atoms with van der Waals surface area (Å²) >= 11 is 13.6. The van der Waals surface area contributed by atoms with Gasteiger partial charge < -0.3 is 10.2 Å². The quantitative estimate of drug-likeness (QED) is 0.427. The van der Waals surface area contributed by atoms with Gasteiger partial charge in [0.2, 0.25) is 11.8 Å². The van der Waals surface area contributed by atoms with Crippen molar-refractivity contribution in [1.82, 2.24) is 10.2 Å². The standard InChI is InChI=1S/C26H32Cl2N2O2S/c1-18-7-6-8-20(13-18)15-30(19(2)26(32)29-22-9-4-3-5-10-22)25(31)17-33-16-21-11-12-23(27)24(28)14-21/h6-8,11-14,19,22H,3-5,9-10,15-17H2,1-2H3,(H,29,32)/t19-/m1/s1. The molecule has 1 aliphatic carbocycles. The van der Waals surface area contributed by atoms with Crippen molar-refractivity contribution in [1.29, 1.82) is 0 Å². The molecule has 1 saturated carbocycles. The van der Waals surface area contributed by atoms with Gasteiger partial charge in [-0.1, -0.05) is 78.4 Å². The fraction of sp³-hybridized carbons (Fsp3) is 0.462. The van der Waals surface area contributed by atoms with Crippen molar-refractivity contribution in [2.75, 3.05) is 5.75 Å². The Labute approximate surface area is 211 Å². The number of aryl methyl sites for hydroxylation is 1. The zero-order valence-electron chi connectivity index (χ0n) is 19.3. The van der Waals surface area contributed by atoms with E-state index in [9.17, 15) is 9.59 Å². The lowest BCUT2D eigenvalue weighted by Crippen LogP contribution is -2.50. The molecule has 33 heavy (non-hydrogen) atoms. The van der Waals surface area contributed by atoms with Crippen LogP contribution in [0.1, 0.15) is 55.7 Å². The first-order valence-corrected chi connectivity index (χ1v) is 13.4. The molecule has 0 unspecified atom stereocenters. The van der Waals surface area contributed by atoms with Gasteiger partial charge in [-0.2, -0.15) is 0 Å². The predicted octanol–water partition coefficient (Wildman–Crippen LogP) is 6.40. The lowest BCUT2D eigenvalue weighted by molar-refractivity contribution is -0.139. The lowest BCUT2D eigenvalue weighted by atomic mass is 9.95. The van der Waals surface area contributed by atoms with Crippen molar-refractivity contribution in [3.8, 4) is 0 Å². The molecule has 2 aromatic carbocycles. The number of benzene rings is 2. The number of halogens is 2. The Hall–Kier alpha value is -1.69. The second-order valence-corrected chi connectivity index (χ2v) is 10.6. The lowest BCUT2D eigenvalue weighted by Gasteiger charge is -2.31. The highest BCUT2D eigenvalue weighted by Crippen LogP contribution is 2.25. The zero-order valence-corrected chi connectivity index (χ0v) is 21.6. The number of amides is 2. The van der Waals surface area contributed by atoms with Crippen molar-refractivity contribution >= 4 is 46.8 Å². The van der Waals surface area contributed by atoms with Crippen molar-refractivity contribution in [2.45, 2.75) is 70.3 Å². The highest BCUT2D eigenvalue weighted by Gasteiger charge is 2.28. The molecule has 0 saturated heterocycles. The highest BCUT2D eigenvalue weighted by molar-refractivity contribution is 7.99. The van der Waals surface area contributed by atoms with Crippen LogP contribution in [0.15, 0.2) is 42.5 Å². The zero-order chi connectivity index (χ0) is 23.8. The minimum Gasteiger partial charge on any atom is -0.352 e. The van der Waals surface area contributed by atoms with Crippen LogP contribution in [-0.2, 0) is 21.9 Å². The van der Waals surface area contributed by atoms with Crippen molar-refractivity contribution in [2.24, 2.45) is 0 Å². The average Bonchev–Trinajstić information content (AvgIpc) is 2.80. The second-order valence-electron chi connectivity index (χ2n) is 8.77. The molecule has 0 aliphatic heterocycles. The minimum atomic E-state index is -0.537. The Bertz CT molecular complexity index is 963. The summed E-state index contributed by atoms with van der Waals surface area (Å²) in [5.41, 5.74) is 3.17. The summed E-state index contributed by atoms with van der Waals surface area (Å²) in [6, 6.07) is 13.3. The molecule has 1 N–H and O–H groups in total. The largest absolute Gasteiger partial charge is 0.352 e. The Kier molecular flexibility index (Phi) is 9.96. The fourth-order valence-electron chi connectivity index (χ4n) is 4.13. The van der Waals surface area contributed by atoms with E-state index in [0.29, 0.717) is 22.3 Å². The van der Waals surface area contributed by atoms with Crippen LogP contribution in [0.2, 0.25) is 10.0 Å². The van der Waals surface area contributed by atoms with Gasteiger partial charge >= 0.3 is 0 Å². The van der Waals surface area contributed by atoms with Crippen molar-refractivity contribution in [3.05, 3.63) is 69.2 Å². The molecule has 0 aromatic heterocycles. The smallest absolute Gasteiger partial charge is 0.242 e. The second kappa shape index (κ2) is 12.7. The van der Waals surface area contributed by atoms with Gasteiger partial charge in [0.15, 0.2) is 0 Å². The monoisotopic (exact) mass is 506 g/mol. The number of nitrogens with one attached hydrogen (secondary N) is 1. The summed E-state index contributed by atoms with van der Waals surface area (Å²) in [5, 5.41) is 4.20. The molecular formula is C26H32Cl2N2O2S. The Balaban J connectivity index is 1.65. The molecule has 178 valence electrons. The van der Waals surface area contributed by atoms with Crippen LogP contribution in [0.25, 0.3) is 0 Å². The van der Waals surface area contributed by atoms with E-state index in [1.807, 2.05) is 44.2 Å².